The van der Waals surface area contributed by atoms with Crippen LogP contribution in [0, 0.1) is 13.8 Å². The molecule has 1 aliphatic heterocycles. The lowest BCUT2D eigenvalue weighted by atomic mass is 10.1. The summed E-state index contributed by atoms with van der Waals surface area (Å²) in [5.74, 6) is -1.67. The van der Waals surface area contributed by atoms with Gasteiger partial charge in [-0.15, -0.1) is 0 Å². The van der Waals surface area contributed by atoms with E-state index in [2.05, 4.69) is 5.32 Å². The highest BCUT2D eigenvalue weighted by atomic mass is 16.5. The maximum absolute atomic E-state index is 13.1. The first-order chi connectivity index (χ1) is 15.3. The van der Waals surface area contributed by atoms with Crippen molar-refractivity contribution < 1.29 is 23.9 Å². The minimum Gasteiger partial charge on any atom is -0.465 e. The number of nitrogens with one attached hydrogen (secondary N) is 1. The van der Waals surface area contributed by atoms with Crippen molar-refractivity contribution in [2.75, 3.05) is 7.11 Å². The number of carbonyl (C=O) groups excluding carboxylic acids is 4. The number of amides is 4. The van der Waals surface area contributed by atoms with Crippen molar-refractivity contribution in [3.63, 3.8) is 0 Å². The molecule has 8 heteroatoms. The number of ether oxygens (including phenoxy) is 1. The van der Waals surface area contributed by atoms with Gasteiger partial charge in [0, 0.05) is 23.1 Å². The van der Waals surface area contributed by atoms with Gasteiger partial charge in [0.2, 0.25) is 0 Å². The minimum absolute atomic E-state index is 0.0555. The quantitative estimate of drug-likeness (QED) is 0.452. The Kier molecular flexibility index (Phi) is 5.69. The number of nitrogens with zero attached hydrogens (tertiary/aromatic N) is 2. The van der Waals surface area contributed by atoms with Crippen molar-refractivity contribution in [3.05, 3.63) is 58.4 Å². The first-order valence-electron chi connectivity index (χ1n) is 10.6. The Morgan fingerprint density at radius 3 is 2.53 bits per heavy atom. The van der Waals surface area contributed by atoms with Crippen molar-refractivity contribution in [1.82, 2.24) is 14.8 Å². The summed E-state index contributed by atoms with van der Waals surface area (Å²) < 4.78 is 6.74. The fourth-order valence-electron chi connectivity index (χ4n) is 4.54. The van der Waals surface area contributed by atoms with Crippen molar-refractivity contribution in [2.24, 2.45) is 0 Å². The summed E-state index contributed by atoms with van der Waals surface area (Å²) >= 11 is 0. The third kappa shape index (κ3) is 3.72. The lowest BCUT2D eigenvalue weighted by Crippen LogP contribution is -2.57. The van der Waals surface area contributed by atoms with Crippen LogP contribution in [0.5, 0.6) is 0 Å². The number of esters is 1. The zero-order valence-electron chi connectivity index (χ0n) is 18.3. The SMILES string of the molecule is COC(=O)c1cccc(-n2c(C)cc(/C=C3\C(=O)NC(=O)N(C4CCCC4)C3=O)c2C)c1. The maximum atomic E-state index is 13.1. The number of hydrogen-bond donors (Lipinski definition) is 1. The number of rotatable bonds is 4. The van der Waals surface area contributed by atoms with Gasteiger partial charge >= 0.3 is 12.0 Å². The molecule has 1 saturated heterocycles. The second-order valence-corrected chi connectivity index (χ2v) is 8.13. The molecule has 2 aromatic rings. The summed E-state index contributed by atoms with van der Waals surface area (Å²) in [6.45, 7) is 3.77. The van der Waals surface area contributed by atoms with Gasteiger partial charge in [0.1, 0.15) is 5.57 Å². The van der Waals surface area contributed by atoms with Crippen LogP contribution in [0.2, 0.25) is 0 Å². The molecule has 0 bridgehead atoms. The van der Waals surface area contributed by atoms with Crippen molar-refractivity contribution in [2.45, 2.75) is 45.6 Å². The first kappa shape index (κ1) is 21.5. The van der Waals surface area contributed by atoms with Crippen LogP contribution in [0.15, 0.2) is 35.9 Å². The van der Waals surface area contributed by atoms with Crippen LogP contribution in [-0.2, 0) is 14.3 Å². The molecule has 1 saturated carbocycles. The fraction of sp³-hybridized carbons (Fsp3) is 0.333. The number of urea groups is 1. The number of benzene rings is 1. The fourth-order valence-corrected chi connectivity index (χ4v) is 4.54. The number of barbiturate groups is 1. The van der Waals surface area contributed by atoms with E-state index in [0.717, 1.165) is 42.8 Å². The highest BCUT2D eigenvalue weighted by Crippen LogP contribution is 2.29. The number of imide groups is 2. The van der Waals surface area contributed by atoms with Gasteiger partial charge in [0.05, 0.1) is 12.7 Å². The largest absolute Gasteiger partial charge is 0.465 e. The van der Waals surface area contributed by atoms with Crippen LogP contribution in [0.25, 0.3) is 11.8 Å². The van der Waals surface area contributed by atoms with Crippen LogP contribution < -0.4 is 5.32 Å². The molecule has 2 heterocycles. The van der Waals surface area contributed by atoms with Crippen molar-refractivity contribution >= 4 is 29.9 Å². The van der Waals surface area contributed by atoms with E-state index < -0.39 is 23.8 Å². The molecule has 1 aromatic heterocycles. The standard InChI is InChI=1S/C24H25N3O5/c1-14-11-17(15(2)26(14)19-10-6-7-16(12-19)23(30)32-3)13-20-21(28)25-24(31)27(22(20)29)18-8-4-5-9-18/h6-7,10-13,18H,4-5,8-9H2,1-3H3,(H,25,28,31)/b20-13+. The second kappa shape index (κ2) is 8.45. The Hall–Kier alpha value is -3.68. The molecule has 1 N–H and O–H groups in total. The van der Waals surface area contributed by atoms with E-state index in [-0.39, 0.29) is 11.6 Å². The van der Waals surface area contributed by atoms with E-state index in [1.54, 1.807) is 18.2 Å². The minimum atomic E-state index is -0.688. The molecule has 4 rings (SSSR count). The van der Waals surface area contributed by atoms with Gasteiger partial charge in [0.25, 0.3) is 11.8 Å². The monoisotopic (exact) mass is 435 g/mol. The number of hydrogen-bond acceptors (Lipinski definition) is 5. The predicted molar refractivity (Wildman–Crippen MR) is 117 cm³/mol. The maximum Gasteiger partial charge on any atom is 0.337 e. The molecule has 2 aliphatic rings. The third-order valence-corrected chi connectivity index (χ3v) is 6.12. The van der Waals surface area contributed by atoms with Crippen molar-refractivity contribution in [3.8, 4) is 5.69 Å². The van der Waals surface area contributed by atoms with Gasteiger partial charge in [-0.2, -0.15) is 0 Å². The summed E-state index contributed by atoms with van der Waals surface area (Å²) in [7, 11) is 1.33. The van der Waals surface area contributed by atoms with Crippen LogP contribution in [0.3, 0.4) is 0 Å². The van der Waals surface area contributed by atoms with Gasteiger partial charge in [-0.3, -0.25) is 19.8 Å². The summed E-state index contributed by atoms with van der Waals surface area (Å²) in [4.78, 5) is 51.0. The van der Waals surface area contributed by atoms with E-state index in [4.69, 9.17) is 4.74 Å². The second-order valence-electron chi connectivity index (χ2n) is 8.13. The van der Waals surface area contributed by atoms with E-state index in [1.165, 1.54) is 18.1 Å². The molecule has 0 unspecified atom stereocenters. The Morgan fingerprint density at radius 2 is 1.84 bits per heavy atom. The van der Waals surface area contributed by atoms with E-state index >= 15 is 0 Å². The van der Waals surface area contributed by atoms with Crippen LogP contribution in [-0.4, -0.2) is 46.4 Å². The predicted octanol–water partition coefficient (Wildman–Crippen LogP) is 3.29. The number of carbonyl (C=O) groups is 4. The van der Waals surface area contributed by atoms with E-state index in [0.29, 0.717) is 11.1 Å². The summed E-state index contributed by atoms with van der Waals surface area (Å²) in [6.07, 6.45) is 4.97. The molecule has 2 fully saturated rings. The highest BCUT2D eigenvalue weighted by molar-refractivity contribution is 6.31. The van der Waals surface area contributed by atoms with E-state index in [1.807, 2.05) is 30.5 Å². The number of aryl methyl sites for hydroxylation is 1. The Balaban J connectivity index is 1.72. The van der Waals surface area contributed by atoms with Crippen LogP contribution in [0.1, 0.15) is 53.0 Å². The van der Waals surface area contributed by atoms with E-state index in [9.17, 15) is 19.2 Å². The van der Waals surface area contributed by atoms with Crippen LogP contribution in [0.4, 0.5) is 4.79 Å². The molecule has 32 heavy (non-hydrogen) atoms. The Bertz CT molecular complexity index is 1150. The summed E-state index contributed by atoms with van der Waals surface area (Å²) in [6, 6.07) is 8.07. The van der Waals surface area contributed by atoms with Gasteiger partial charge in [-0.05, 0) is 62.6 Å². The zero-order valence-corrected chi connectivity index (χ0v) is 18.3. The number of methoxy groups -OCH3 is 1. The molecule has 8 nitrogen and oxygen atoms in total. The van der Waals surface area contributed by atoms with Gasteiger partial charge in [-0.1, -0.05) is 18.9 Å². The lowest BCUT2D eigenvalue weighted by molar-refractivity contribution is -0.131. The Labute approximate surface area is 185 Å². The molecule has 0 radical (unpaired) electrons. The summed E-state index contributed by atoms with van der Waals surface area (Å²) in [5.41, 5.74) is 3.47. The lowest BCUT2D eigenvalue weighted by Gasteiger charge is -2.31. The average molecular weight is 435 g/mol. The third-order valence-electron chi connectivity index (χ3n) is 6.12. The van der Waals surface area contributed by atoms with Gasteiger partial charge in [0.15, 0.2) is 0 Å². The average Bonchev–Trinajstić information content (AvgIpc) is 3.38. The molecule has 0 spiro atoms. The molecule has 4 amide bonds. The van der Waals surface area contributed by atoms with Crippen molar-refractivity contribution in [1.29, 1.82) is 0 Å². The Morgan fingerprint density at radius 1 is 1.12 bits per heavy atom. The van der Waals surface area contributed by atoms with Crippen LogP contribution >= 0.6 is 0 Å². The van der Waals surface area contributed by atoms with Gasteiger partial charge in [-0.25, -0.2) is 9.59 Å². The number of aromatic nitrogens is 1. The molecule has 166 valence electrons. The molecule has 0 atom stereocenters. The summed E-state index contributed by atoms with van der Waals surface area (Å²) in [5, 5.41) is 2.31. The molecule has 1 aliphatic carbocycles. The normalized spacial score (nSPS) is 18.4. The zero-order chi connectivity index (χ0) is 23.0. The molecular weight excluding hydrogens is 410 g/mol. The topological polar surface area (TPSA) is 97.7 Å². The highest BCUT2D eigenvalue weighted by Gasteiger charge is 2.40. The first-order valence-corrected chi connectivity index (χ1v) is 10.6. The smallest absolute Gasteiger partial charge is 0.337 e. The molecular formula is C24H25N3O5. The molecule has 1 aromatic carbocycles. The van der Waals surface area contributed by atoms with Gasteiger partial charge < -0.3 is 9.30 Å².